The minimum atomic E-state index is -1.47. The van der Waals surface area contributed by atoms with Crippen molar-refractivity contribution in [2.45, 2.75) is 75.5 Å². The fraction of sp³-hybridized carbons (Fsp3) is 0.481. The van der Waals surface area contributed by atoms with Gasteiger partial charge in [-0.05, 0) is 43.9 Å². The predicted octanol–water partition coefficient (Wildman–Crippen LogP) is -1.16. The molecule has 1 aromatic carbocycles. The van der Waals surface area contributed by atoms with E-state index in [1.165, 1.54) is 0 Å². The number of unbranched alkanes of at least 4 members (excludes halogenated alkanes) is 1. The first-order valence-corrected chi connectivity index (χ1v) is 13.6. The van der Waals surface area contributed by atoms with E-state index in [1.807, 2.05) is 6.07 Å². The van der Waals surface area contributed by atoms with E-state index in [0.717, 1.165) is 10.9 Å². The van der Waals surface area contributed by atoms with Gasteiger partial charge in [0.25, 0.3) is 0 Å². The Morgan fingerprint density at radius 3 is 2.07 bits per heavy atom. The van der Waals surface area contributed by atoms with Crippen molar-refractivity contribution in [3.63, 3.8) is 0 Å². The summed E-state index contributed by atoms with van der Waals surface area (Å²) in [6.45, 7) is 0.420. The van der Waals surface area contributed by atoms with Crippen molar-refractivity contribution in [1.29, 1.82) is 0 Å². The maximum atomic E-state index is 13.4. The Hall–Kier alpha value is -4.50. The molecule has 42 heavy (non-hydrogen) atoms. The maximum absolute atomic E-state index is 13.4. The highest BCUT2D eigenvalue weighted by atomic mass is 16.4. The van der Waals surface area contributed by atoms with E-state index in [0.29, 0.717) is 31.4 Å². The molecule has 0 spiro atoms. The van der Waals surface area contributed by atoms with Crippen LogP contribution in [-0.2, 0) is 35.2 Å². The number of carbonyl (C=O) groups excluding carboxylic acids is 4. The quantitative estimate of drug-likeness (QED) is 0.0886. The molecular formula is C27H39N7O8. The Kier molecular flexibility index (Phi) is 13.4. The number of aliphatic carboxylic acids is 2. The molecule has 12 N–H and O–H groups in total. The van der Waals surface area contributed by atoms with Gasteiger partial charge in [0, 0.05) is 36.4 Å². The molecule has 0 saturated heterocycles. The minimum absolute atomic E-state index is 0.0814. The van der Waals surface area contributed by atoms with Gasteiger partial charge in [-0.25, -0.2) is 4.79 Å². The number of aromatic nitrogens is 1. The monoisotopic (exact) mass is 589 g/mol. The van der Waals surface area contributed by atoms with Crippen LogP contribution in [0.15, 0.2) is 30.5 Å². The molecule has 1 aromatic heterocycles. The first-order valence-electron chi connectivity index (χ1n) is 13.6. The van der Waals surface area contributed by atoms with Crippen LogP contribution in [0.5, 0.6) is 0 Å². The van der Waals surface area contributed by atoms with Crippen LogP contribution >= 0.6 is 0 Å². The molecule has 230 valence electrons. The number of rotatable bonds is 19. The predicted molar refractivity (Wildman–Crippen MR) is 152 cm³/mol. The number of para-hydroxylation sites is 1. The van der Waals surface area contributed by atoms with Crippen LogP contribution in [0.3, 0.4) is 0 Å². The van der Waals surface area contributed by atoms with E-state index < -0.39 is 66.2 Å². The molecule has 0 saturated carbocycles. The molecule has 2 rings (SSSR count). The van der Waals surface area contributed by atoms with Gasteiger partial charge < -0.3 is 48.3 Å². The fourth-order valence-corrected chi connectivity index (χ4v) is 4.27. The number of hydrogen-bond donors (Lipinski definition) is 9. The van der Waals surface area contributed by atoms with Crippen molar-refractivity contribution in [1.82, 2.24) is 20.9 Å². The molecular weight excluding hydrogens is 550 g/mol. The molecule has 0 radical (unpaired) electrons. The van der Waals surface area contributed by atoms with E-state index in [9.17, 15) is 39.0 Å². The van der Waals surface area contributed by atoms with E-state index in [4.69, 9.17) is 17.2 Å². The van der Waals surface area contributed by atoms with Crippen LogP contribution in [0.25, 0.3) is 10.9 Å². The van der Waals surface area contributed by atoms with Gasteiger partial charge in [-0.1, -0.05) is 24.6 Å². The zero-order valence-corrected chi connectivity index (χ0v) is 23.1. The molecule has 4 atom stereocenters. The van der Waals surface area contributed by atoms with Gasteiger partial charge in [0.2, 0.25) is 23.6 Å². The van der Waals surface area contributed by atoms with Gasteiger partial charge in [0.1, 0.15) is 18.1 Å². The highest BCUT2D eigenvalue weighted by Gasteiger charge is 2.31. The summed E-state index contributed by atoms with van der Waals surface area (Å²) >= 11 is 0. The molecule has 0 aliphatic rings. The number of nitrogens with two attached hydrogens (primary N) is 3. The number of benzene rings is 1. The van der Waals surface area contributed by atoms with Crippen molar-refractivity contribution in [3.8, 4) is 0 Å². The van der Waals surface area contributed by atoms with Crippen LogP contribution in [0.2, 0.25) is 0 Å². The standard InChI is InChI=1S/C27H39N7O8/c28-12-4-3-6-17(29)24(38)32-19(9-11-23(36)37)25(39)34-21(13-15-14-31-18-7-2-1-5-16(15)18)26(40)33-20(27(41)42)8-10-22(30)35/h1-2,5,7,14,17,19-21,31H,3-4,6,8-13,28-29H2,(H2,30,35)(H,32,38)(H,33,40)(H,34,39)(H,36,37)(H,41,42). The Morgan fingerprint density at radius 2 is 1.43 bits per heavy atom. The number of H-pyrrole nitrogens is 1. The summed E-state index contributed by atoms with van der Waals surface area (Å²) in [5.74, 6) is -5.77. The smallest absolute Gasteiger partial charge is 0.326 e. The van der Waals surface area contributed by atoms with Crippen LogP contribution in [-0.4, -0.2) is 81.5 Å². The number of aromatic amines is 1. The Bertz CT molecular complexity index is 1260. The third-order valence-electron chi connectivity index (χ3n) is 6.61. The summed E-state index contributed by atoms with van der Waals surface area (Å²) < 4.78 is 0. The summed E-state index contributed by atoms with van der Waals surface area (Å²) in [6.07, 6.45) is 1.74. The molecule has 15 nitrogen and oxygen atoms in total. The van der Waals surface area contributed by atoms with Crippen LogP contribution in [0.4, 0.5) is 0 Å². The van der Waals surface area contributed by atoms with Crippen LogP contribution < -0.4 is 33.2 Å². The lowest BCUT2D eigenvalue weighted by molar-refractivity contribution is -0.142. The number of carboxylic acid groups (broad SMARTS) is 2. The second-order valence-electron chi connectivity index (χ2n) is 9.91. The third kappa shape index (κ3) is 10.8. The molecule has 0 aliphatic heterocycles. The summed E-state index contributed by atoms with van der Waals surface area (Å²) in [5, 5.41) is 26.8. The number of nitrogens with one attached hydrogen (secondary N) is 4. The summed E-state index contributed by atoms with van der Waals surface area (Å²) in [4.78, 5) is 76.6. The second-order valence-corrected chi connectivity index (χ2v) is 9.91. The molecule has 15 heteroatoms. The minimum Gasteiger partial charge on any atom is -0.481 e. The lowest BCUT2D eigenvalue weighted by atomic mass is 10.0. The van der Waals surface area contributed by atoms with Crippen molar-refractivity contribution in [2.75, 3.05) is 6.54 Å². The lowest BCUT2D eigenvalue weighted by Gasteiger charge is -2.25. The molecule has 0 fully saturated rings. The number of hydrogen-bond acceptors (Lipinski definition) is 8. The van der Waals surface area contributed by atoms with Gasteiger partial charge >= 0.3 is 11.9 Å². The molecule has 4 amide bonds. The zero-order chi connectivity index (χ0) is 31.2. The van der Waals surface area contributed by atoms with Crippen molar-refractivity contribution in [2.24, 2.45) is 17.2 Å². The van der Waals surface area contributed by atoms with Crippen LogP contribution in [0.1, 0.15) is 50.5 Å². The van der Waals surface area contributed by atoms with Gasteiger partial charge in [0.05, 0.1) is 6.04 Å². The van der Waals surface area contributed by atoms with Gasteiger partial charge in [-0.3, -0.25) is 24.0 Å². The van der Waals surface area contributed by atoms with Gasteiger partial charge in [-0.2, -0.15) is 0 Å². The van der Waals surface area contributed by atoms with E-state index >= 15 is 0 Å². The Balaban J connectivity index is 2.30. The van der Waals surface area contributed by atoms with Gasteiger partial charge in [-0.15, -0.1) is 0 Å². The first-order chi connectivity index (χ1) is 19.9. The summed E-state index contributed by atoms with van der Waals surface area (Å²) in [5.41, 5.74) is 17.9. The maximum Gasteiger partial charge on any atom is 0.326 e. The van der Waals surface area contributed by atoms with E-state index in [2.05, 4.69) is 20.9 Å². The average Bonchev–Trinajstić information content (AvgIpc) is 3.34. The van der Waals surface area contributed by atoms with Crippen molar-refractivity contribution in [3.05, 3.63) is 36.0 Å². The zero-order valence-electron chi connectivity index (χ0n) is 23.1. The number of carboxylic acids is 2. The Labute approximate surface area is 241 Å². The SMILES string of the molecule is NCCCCC(N)C(=O)NC(CCC(=O)O)C(=O)NC(Cc1c[nH]c2ccccc12)C(=O)NC(CCC(N)=O)C(=O)O. The number of primary amides is 1. The van der Waals surface area contributed by atoms with E-state index in [-0.39, 0.29) is 25.7 Å². The lowest BCUT2D eigenvalue weighted by Crippen LogP contribution is -2.57. The summed E-state index contributed by atoms with van der Waals surface area (Å²) in [7, 11) is 0. The van der Waals surface area contributed by atoms with Crippen LogP contribution in [0, 0.1) is 0 Å². The molecule has 4 unspecified atom stereocenters. The van der Waals surface area contributed by atoms with Gasteiger partial charge in [0.15, 0.2) is 0 Å². The largest absolute Gasteiger partial charge is 0.481 e. The average molecular weight is 590 g/mol. The number of fused-ring (bicyclic) bond motifs is 1. The number of amides is 4. The highest BCUT2D eigenvalue weighted by Crippen LogP contribution is 2.19. The Morgan fingerprint density at radius 1 is 0.810 bits per heavy atom. The molecule has 1 heterocycles. The van der Waals surface area contributed by atoms with E-state index in [1.54, 1.807) is 24.4 Å². The normalized spacial score (nSPS) is 13.9. The van der Waals surface area contributed by atoms with Crippen molar-refractivity contribution < 1.29 is 39.0 Å². The fourth-order valence-electron chi connectivity index (χ4n) is 4.27. The first kappa shape index (κ1) is 33.7. The second kappa shape index (κ2) is 16.7. The molecule has 2 aromatic rings. The summed E-state index contributed by atoms with van der Waals surface area (Å²) in [6, 6.07) is 2.07. The third-order valence-corrected chi connectivity index (χ3v) is 6.61. The molecule has 0 bridgehead atoms. The van der Waals surface area contributed by atoms with Crippen molar-refractivity contribution >= 4 is 46.5 Å². The topological polar surface area (TPSA) is 273 Å². The molecule has 0 aliphatic carbocycles. The number of carbonyl (C=O) groups is 6. The highest BCUT2D eigenvalue weighted by molar-refractivity contribution is 5.95.